The molecule has 0 atom stereocenters. The Morgan fingerprint density at radius 3 is 2.52 bits per heavy atom. The Bertz CT molecular complexity index is 920. The molecular formula is C20H17Br2NO4. The molecule has 140 valence electrons. The highest BCUT2D eigenvalue weighted by atomic mass is 79.9. The molecule has 0 saturated heterocycles. The van der Waals surface area contributed by atoms with E-state index in [9.17, 15) is 4.79 Å². The molecule has 0 amide bonds. The van der Waals surface area contributed by atoms with Gasteiger partial charge in [-0.1, -0.05) is 33.2 Å². The average Bonchev–Trinajstić information content (AvgIpc) is 2.95. The van der Waals surface area contributed by atoms with E-state index in [-0.39, 0.29) is 0 Å². The van der Waals surface area contributed by atoms with Crippen LogP contribution in [0.15, 0.2) is 56.1 Å². The SMILES string of the molecule is CCOc1cc(/C=C2/C(=O)ON=C2C)cc(Br)c1OCc1ccc(Br)cc1. The van der Waals surface area contributed by atoms with Crippen LogP contribution in [0.4, 0.5) is 0 Å². The van der Waals surface area contributed by atoms with E-state index in [1.807, 2.05) is 43.3 Å². The molecule has 0 bridgehead atoms. The standard InChI is InChI=1S/C20H17Br2NO4/c1-3-25-18-10-14(8-16-12(2)23-27-20(16)24)9-17(22)19(18)26-11-13-4-6-15(21)7-5-13/h4-10H,3,11H2,1-2H3/b16-8+. The second kappa shape index (κ2) is 8.71. The van der Waals surface area contributed by atoms with Gasteiger partial charge in [-0.05, 0) is 71.2 Å². The van der Waals surface area contributed by atoms with Crippen LogP contribution in [0.1, 0.15) is 25.0 Å². The molecule has 2 aromatic rings. The van der Waals surface area contributed by atoms with Crippen LogP contribution in [-0.2, 0) is 16.2 Å². The maximum absolute atomic E-state index is 11.8. The van der Waals surface area contributed by atoms with E-state index in [1.165, 1.54) is 0 Å². The third-order valence-corrected chi connectivity index (χ3v) is 4.93. The first-order valence-corrected chi connectivity index (χ1v) is 9.88. The monoisotopic (exact) mass is 493 g/mol. The summed E-state index contributed by atoms with van der Waals surface area (Å²) in [5, 5.41) is 3.69. The van der Waals surface area contributed by atoms with Crippen LogP contribution in [0.3, 0.4) is 0 Å². The molecule has 0 aromatic heterocycles. The molecule has 27 heavy (non-hydrogen) atoms. The van der Waals surface area contributed by atoms with E-state index in [1.54, 1.807) is 13.0 Å². The largest absolute Gasteiger partial charge is 0.490 e. The van der Waals surface area contributed by atoms with Gasteiger partial charge in [0.15, 0.2) is 11.5 Å². The first-order valence-electron chi connectivity index (χ1n) is 8.29. The highest BCUT2D eigenvalue weighted by Gasteiger charge is 2.22. The summed E-state index contributed by atoms with van der Waals surface area (Å²) in [4.78, 5) is 16.4. The summed E-state index contributed by atoms with van der Waals surface area (Å²) in [6, 6.07) is 11.6. The third kappa shape index (κ3) is 4.78. The lowest BCUT2D eigenvalue weighted by atomic mass is 10.1. The minimum Gasteiger partial charge on any atom is -0.490 e. The van der Waals surface area contributed by atoms with E-state index < -0.39 is 5.97 Å². The molecule has 5 nitrogen and oxygen atoms in total. The van der Waals surface area contributed by atoms with Gasteiger partial charge in [-0.25, -0.2) is 4.79 Å². The van der Waals surface area contributed by atoms with Crippen LogP contribution in [0.5, 0.6) is 11.5 Å². The quantitative estimate of drug-likeness (QED) is 0.392. The lowest BCUT2D eigenvalue weighted by molar-refractivity contribution is -0.136. The van der Waals surface area contributed by atoms with Gasteiger partial charge in [0, 0.05) is 4.47 Å². The third-order valence-electron chi connectivity index (χ3n) is 3.81. The minimum absolute atomic E-state index is 0.407. The molecule has 0 saturated carbocycles. The second-order valence-corrected chi connectivity index (χ2v) is 7.56. The number of oxime groups is 1. The number of rotatable bonds is 6. The maximum atomic E-state index is 11.8. The van der Waals surface area contributed by atoms with Crippen molar-refractivity contribution < 1.29 is 19.1 Å². The number of carbonyl (C=O) groups excluding carboxylic acids is 1. The van der Waals surface area contributed by atoms with Crippen LogP contribution in [-0.4, -0.2) is 18.3 Å². The van der Waals surface area contributed by atoms with Crippen LogP contribution >= 0.6 is 31.9 Å². The molecule has 3 rings (SSSR count). The highest BCUT2D eigenvalue weighted by molar-refractivity contribution is 9.10. The fourth-order valence-electron chi connectivity index (χ4n) is 2.50. The summed E-state index contributed by atoms with van der Waals surface area (Å²) in [5.41, 5.74) is 2.79. The summed E-state index contributed by atoms with van der Waals surface area (Å²) in [7, 11) is 0. The van der Waals surface area contributed by atoms with Crippen LogP contribution in [0.2, 0.25) is 0 Å². The van der Waals surface area contributed by atoms with E-state index >= 15 is 0 Å². The maximum Gasteiger partial charge on any atom is 0.367 e. The number of benzene rings is 2. The topological polar surface area (TPSA) is 57.1 Å². The Kier molecular flexibility index (Phi) is 6.34. The van der Waals surface area contributed by atoms with Gasteiger partial charge in [-0.15, -0.1) is 0 Å². The van der Waals surface area contributed by atoms with E-state index in [4.69, 9.17) is 9.47 Å². The Morgan fingerprint density at radius 2 is 1.89 bits per heavy atom. The molecule has 0 N–H and O–H groups in total. The first kappa shape index (κ1) is 19.6. The summed E-state index contributed by atoms with van der Waals surface area (Å²) in [6.45, 7) is 4.53. The first-order chi connectivity index (χ1) is 13.0. The molecule has 7 heteroatoms. The zero-order chi connectivity index (χ0) is 19.4. The van der Waals surface area contributed by atoms with Crippen molar-refractivity contribution >= 4 is 49.6 Å². The number of hydrogen-bond acceptors (Lipinski definition) is 5. The zero-order valence-electron chi connectivity index (χ0n) is 14.8. The Morgan fingerprint density at radius 1 is 1.15 bits per heavy atom. The van der Waals surface area contributed by atoms with Crippen molar-refractivity contribution in [3.63, 3.8) is 0 Å². The lowest BCUT2D eigenvalue weighted by Crippen LogP contribution is -2.03. The van der Waals surface area contributed by atoms with Gasteiger partial charge in [0.2, 0.25) is 0 Å². The molecule has 0 unspecified atom stereocenters. The summed E-state index contributed by atoms with van der Waals surface area (Å²) in [5.74, 6) is 0.746. The van der Waals surface area contributed by atoms with Gasteiger partial charge in [0.05, 0.1) is 22.4 Å². The minimum atomic E-state index is -0.461. The number of hydrogen-bond donors (Lipinski definition) is 0. The van der Waals surface area contributed by atoms with Crippen molar-refractivity contribution in [3.05, 3.63) is 62.0 Å². The van der Waals surface area contributed by atoms with Crippen LogP contribution in [0.25, 0.3) is 6.08 Å². The summed E-state index contributed by atoms with van der Waals surface area (Å²) >= 11 is 6.97. The predicted octanol–water partition coefficient (Wildman–Crippen LogP) is 5.51. The summed E-state index contributed by atoms with van der Waals surface area (Å²) < 4.78 is 13.5. The average molecular weight is 495 g/mol. The van der Waals surface area contributed by atoms with Crippen molar-refractivity contribution in [1.82, 2.24) is 0 Å². The van der Waals surface area contributed by atoms with Gasteiger partial charge in [-0.3, -0.25) is 0 Å². The smallest absolute Gasteiger partial charge is 0.367 e. The molecule has 1 heterocycles. The molecule has 0 spiro atoms. The van der Waals surface area contributed by atoms with Gasteiger partial charge in [-0.2, -0.15) is 0 Å². The van der Waals surface area contributed by atoms with Gasteiger partial charge in [0.25, 0.3) is 0 Å². The summed E-state index contributed by atoms with van der Waals surface area (Å²) in [6.07, 6.45) is 1.72. The molecule has 0 radical (unpaired) electrons. The predicted molar refractivity (Wildman–Crippen MR) is 111 cm³/mol. The van der Waals surface area contributed by atoms with Crippen LogP contribution < -0.4 is 9.47 Å². The van der Waals surface area contributed by atoms with Gasteiger partial charge >= 0.3 is 5.97 Å². The fourth-order valence-corrected chi connectivity index (χ4v) is 3.33. The van der Waals surface area contributed by atoms with E-state index in [0.29, 0.717) is 36.0 Å². The molecule has 0 fully saturated rings. The lowest BCUT2D eigenvalue weighted by Gasteiger charge is -2.15. The van der Waals surface area contributed by atoms with Crippen molar-refractivity contribution in [3.8, 4) is 11.5 Å². The van der Waals surface area contributed by atoms with Crippen LogP contribution in [0, 0.1) is 0 Å². The second-order valence-electron chi connectivity index (χ2n) is 5.79. The highest BCUT2D eigenvalue weighted by Crippen LogP contribution is 2.38. The molecule has 0 aliphatic carbocycles. The van der Waals surface area contributed by atoms with Crippen molar-refractivity contribution in [2.24, 2.45) is 5.16 Å². The Balaban J connectivity index is 1.88. The zero-order valence-corrected chi connectivity index (χ0v) is 18.0. The molecule has 1 aliphatic heterocycles. The fraction of sp³-hybridized carbons (Fsp3) is 0.200. The number of carbonyl (C=O) groups is 1. The normalized spacial score (nSPS) is 14.9. The van der Waals surface area contributed by atoms with E-state index in [2.05, 4.69) is 41.9 Å². The Hall–Kier alpha value is -2.12. The Labute approximate surface area is 174 Å². The number of halogens is 2. The molecular weight excluding hydrogens is 478 g/mol. The van der Waals surface area contributed by atoms with Gasteiger partial charge < -0.3 is 14.3 Å². The van der Waals surface area contributed by atoms with Crippen molar-refractivity contribution in [2.75, 3.05) is 6.61 Å². The number of nitrogens with zero attached hydrogens (tertiary/aromatic N) is 1. The molecule has 1 aliphatic rings. The van der Waals surface area contributed by atoms with Crippen molar-refractivity contribution in [1.29, 1.82) is 0 Å². The van der Waals surface area contributed by atoms with Crippen molar-refractivity contribution in [2.45, 2.75) is 20.5 Å². The number of ether oxygens (including phenoxy) is 2. The van der Waals surface area contributed by atoms with E-state index in [0.717, 1.165) is 20.1 Å². The molecule has 2 aromatic carbocycles. The van der Waals surface area contributed by atoms with Gasteiger partial charge in [0.1, 0.15) is 6.61 Å².